The van der Waals surface area contributed by atoms with Crippen molar-refractivity contribution in [2.45, 2.75) is 19.5 Å². The van der Waals surface area contributed by atoms with E-state index in [4.69, 9.17) is 0 Å². The lowest BCUT2D eigenvalue weighted by molar-refractivity contribution is 0.641. The van der Waals surface area contributed by atoms with Crippen molar-refractivity contribution in [3.63, 3.8) is 0 Å². The molecule has 3 rings (SSSR count). The molecule has 0 fully saturated rings. The molecule has 2 aromatic rings. The predicted octanol–water partition coefficient (Wildman–Crippen LogP) is 2.00. The van der Waals surface area contributed by atoms with Crippen molar-refractivity contribution < 1.29 is 0 Å². The van der Waals surface area contributed by atoms with Crippen LogP contribution in [0.1, 0.15) is 16.7 Å². The summed E-state index contributed by atoms with van der Waals surface area (Å²) in [5, 5.41) is 3.41. The molecule has 90 valence electrons. The molecule has 0 radical (unpaired) electrons. The normalized spacial score (nSPS) is 13.9. The van der Waals surface area contributed by atoms with Crippen LogP contribution in [0.5, 0.6) is 0 Å². The van der Waals surface area contributed by atoms with Gasteiger partial charge in [-0.2, -0.15) is 0 Å². The Morgan fingerprint density at radius 3 is 3.06 bits per heavy atom. The van der Waals surface area contributed by atoms with Gasteiger partial charge >= 0.3 is 0 Å². The minimum absolute atomic E-state index is 0. The lowest BCUT2D eigenvalue weighted by Gasteiger charge is -2.18. The molecule has 3 nitrogen and oxygen atoms in total. The third-order valence-corrected chi connectivity index (χ3v) is 3.08. The zero-order chi connectivity index (χ0) is 10.8. The third-order valence-electron chi connectivity index (χ3n) is 3.08. The molecule has 1 aliphatic heterocycles. The van der Waals surface area contributed by atoms with Crippen LogP contribution in [0.4, 0.5) is 0 Å². The number of benzene rings is 1. The van der Waals surface area contributed by atoms with E-state index in [9.17, 15) is 0 Å². The molecule has 0 unspecified atom stereocenters. The quantitative estimate of drug-likeness (QED) is 0.882. The Hall–Kier alpha value is -1.32. The maximum Gasteiger partial charge on any atom is 0.0949 e. The number of fused-ring (bicyclic) bond motifs is 1. The zero-order valence-electron chi connectivity index (χ0n) is 9.60. The summed E-state index contributed by atoms with van der Waals surface area (Å²) in [4.78, 5) is 4.06. The van der Waals surface area contributed by atoms with Gasteiger partial charge in [0.05, 0.1) is 6.33 Å². The van der Waals surface area contributed by atoms with Gasteiger partial charge in [0, 0.05) is 25.5 Å². The molecule has 0 bridgehead atoms. The van der Waals surface area contributed by atoms with Gasteiger partial charge < -0.3 is 9.88 Å². The molecule has 2 heterocycles. The number of hydrogen-bond acceptors (Lipinski definition) is 2. The summed E-state index contributed by atoms with van der Waals surface area (Å²) in [5.41, 5.74) is 4.29. The van der Waals surface area contributed by atoms with E-state index < -0.39 is 0 Å². The average molecular weight is 250 g/mol. The Labute approximate surface area is 107 Å². The fourth-order valence-electron chi connectivity index (χ4n) is 2.22. The first-order valence-corrected chi connectivity index (χ1v) is 5.69. The Morgan fingerprint density at radius 1 is 1.29 bits per heavy atom. The van der Waals surface area contributed by atoms with Crippen LogP contribution in [-0.4, -0.2) is 16.1 Å². The zero-order valence-corrected chi connectivity index (χ0v) is 10.4. The standard InChI is InChI=1S/C13H15N3.ClH/c1-2-12-3-4-14-8-13(12)7-11(1)9-16-6-5-15-10-16;/h1-2,5-7,10,14H,3-4,8-9H2;1H. The minimum atomic E-state index is 0. The van der Waals surface area contributed by atoms with E-state index >= 15 is 0 Å². The molecule has 1 aromatic carbocycles. The van der Waals surface area contributed by atoms with E-state index in [2.05, 4.69) is 33.1 Å². The number of nitrogens with zero attached hydrogens (tertiary/aromatic N) is 2. The summed E-state index contributed by atoms with van der Waals surface area (Å²) in [7, 11) is 0. The molecule has 0 amide bonds. The molecule has 0 saturated carbocycles. The smallest absolute Gasteiger partial charge is 0.0949 e. The van der Waals surface area contributed by atoms with Gasteiger partial charge in [-0.1, -0.05) is 18.2 Å². The summed E-state index contributed by atoms with van der Waals surface area (Å²) in [6.07, 6.45) is 6.83. The number of halogens is 1. The van der Waals surface area contributed by atoms with Gasteiger partial charge in [-0.25, -0.2) is 4.98 Å². The highest BCUT2D eigenvalue weighted by atomic mass is 35.5. The van der Waals surface area contributed by atoms with Crippen LogP contribution >= 0.6 is 12.4 Å². The van der Waals surface area contributed by atoms with Gasteiger partial charge in [-0.3, -0.25) is 0 Å². The van der Waals surface area contributed by atoms with Gasteiger partial charge in [0.25, 0.3) is 0 Å². The topological polar surface area (TPSA) is 29.9 Å². The number of aromatic nitrogens is 2. The molecule has 0 saturated heterocycles. The minimum Gasteiger partial charge on any atom is -0.333 e. The fraction of sp³-hybridized carbons (Fsp3) is 0.308. The van der Waals surface area contributed by atoms with Crippen LogP contribution in [0.15, 0.2) is 36.9 Å². The summed E-state index contributed by atoms with van der Waals surface area (Å²) in [6, 6.07) is 6.80. The maximum absolute atomic E-state index is 4.06. The van der Waals surface area contributed by atoms with Gasteiger partial charge in [0.15, 0.2) is 0 Å². The van der Waals surface area contributed by atoms with Crippen LogP contribution in [0.3, 0.4) is 0 Å². The van der Waals surface area contributed by atoms with E-state index in [0.717, 1.165) is 26.1 Å². The van der Waals surface area contributed by atoms with E-state index in [0.29, 0.717) is 0 Å². The highest BCUT2D eigenvalue weighted by Gasteiger charge is 2.08. The molecule has 1 N–H and O–H groups in total. The molecular formula is C13H16ClN3. The molecule has 0 aliphatic carbocycles. The summed E-state index contributed by atoms with van der Waals surface area (Å²) >= 11 is 0. The van der Waals surface area contributed by atoms with Crippen molar-refractivity contribution in [2.24, 2.45) is 0 Å². The highest BCUT2D eigenvalue weighted by molar-refractivity contribution is 5.85. The van der Waals surface area contributed by atoms with E-state index in [-0.39, 0.29) is 12.4 Å². The fourth-order valence-corrected chi connectivity index (χ4v) is 2.22. The van der Waals surface area contributed by atoms with Crippen LogP contribution in [-0.2, 0) is 19.5 Å². The monoisotopic (exact) mass is 249 g/mol. The number of nitrogens with one attached hydrogen (secondary N) is 1. The highest BCUT2D eigenvalue weighted by Crippen LogP contribution is 2.16. The molecule has 0 atom stereocenters. The largest absolute Gasteiger partial charge is 0.333 e. The second kappa shape index (κ2) is 5.34. The van der Waals surface area contributed by atoms with Crippen molar-refractivity contribution in [1.29, 1.82) is 0 Å². The first-order chi connectivity index (χ1) is 7.92. The first kappa shape index (κ1) is 12.1. The van der Waals surface area contributed by atoms with Crippen LogP contribution < -0.4 is 5.32 Å². The van der Waals surface area contributed by atoms with Crippen LogP contribution in [0, 0.1) is 0 Å². The van der Waals surface area contributed by atoms with Gasteiger partial charge in [-0.15, -0.1) is 12.4 Å². The van der Waals surface area contributed by atoms with Crippen molar-refractivity contribution >= 4 is 12.4 Å². The van der Waals surface area contributed by atoms with Crippen LogP contribution in [0.2, 0.25) is 0 Å². The van der Waals surface area contributed by atoms with Crippen molar-refractivity contribution in [2.75, 3.05) is 6.54 Å². The SMILES string of the molecule is Cl.c1cn(Cc2ccc3c(c2)CNCC3)cn1. The van der Waals surface area contributed by atoms with Crippen molar-refractivity contribution in [3.05, 3.63) is 53.6 Å². The van der Waals surface area contributed by atoms with E-state index in [1.807, 2.05) is 18.7 Å². The predicted molar refractivity (Wildman–Crippen MR) is 70.4 cm³/mol. The second-order valence-corrected chi connectivity index (χ2v) is 4.26. The molecule has 1 aliphatic rings. The van der Waals surface area contributed by atoms with Crippen molar-refractivity contribution in [3.8, 4) is 0 Å². The molecule has 0 spiro atoms. The molecular weight excluding hydrogens is 234 g/mol. The molecule has 1 aromatic heterocycles. The number of imidazole rings is 1. The van der Waals surface area contributed by atoms with Gasteiger partial charge in [0.1, 0.15) is 0 Å². The van der Waals surface area contributed by atoms with Gasteiger partial charge in [-0.05, 0) is 29.7 Å². The van der Waals surface area contributed by atoms with E-state index in [1.54, 1.807) is 0 Å². The number of rotatable bonds is 2. The van der Waals surface area contributed by atoms with Gasteiger partial charge in [0.2, 0.25) is 0 Å². The van der Waals surface area contributed by atoms with Crippen molar-refractivity contribution in [1.82, 2.24) is 14.9 Å². The molecule has 17 heavy (non-hydrogen) atoms. The average Bonchev–Trinajstić information content (AvgIpc) is 2.82. The Kier molecular flexibility index (Phi) is 3.82. The summed E-state index contributed by atoms with van der Waals surface area (Å²) in [6.45, 7) is 3.02. The Morgan fingerprint density at radius 2 is 2.24 bits per heavy atom. The first-order valence-electron chi connectivity index (χ1n) is 5.69. The molecule has 4 heteroatoms. The number of hydrogen-bond donors (Lipinski definition) is 1. The van der Waals surface area contributed by atoms with Crippen LogP contribution in [0.25, 0.3) is 0 Å². The maximum atomic E-state index is 4.06. The lowest BCUT2D eigenvalue weighted by Crippen LogP contribution is -2.23. The summed E-state index contributed by atoms with van der Waals surface area (Å²) in [5.74, 6) is 0. The van der Waals surface area contributed by atoms with E-state index in [1.165, 1.54) is 16.7 Å². The second-order valence-electron chi connectivity index (χ2n) is 4.26. The Balaban J connectivity index is 0.00000108. The summed E-state index contributed by atoms with van der Waals surface area (Å²) < 4.78 is 2.10. The lowest BCUT2D eigenvalue weighted by atomic mass is 9.98. The Bertz CT molecular complexity index is 479. The third kappa shape index (κ3) is 2.68.